The number of hydrogen-bond acceptors (Lipinski definition) is 2. The first-order valence-electron chi connectivity index (χ1n) is 4.84. The third kappa shape index (κ3) is 2.48. The molecule has 2 rings (SSSR count). The van der Waals surface area contributed by atoms with Crippen LogP contribution in [0.5, 0.6) is 0 Å². The molecule has 0 bridgehead atoms. The summed E-state index contributed by atoms with van der Waals surface area (Å²) in [5.74, 6) is 0.268. The maximum Gasteiger partial charge on any atom is 0.416 e. The molecule has 1 aromatic heterocycles. The second kappa shape index (κ2) is 4.61. The first-order chi connectivity index (χ1) is 8.41. The fourth-order valence-electron chi connectivity index (χ4n) is 1.45. The molecular formula is C12H6BrF3O2. The molecule has 0 aliphatic carbocycles. The number of rotatable bonds is 2. The van der Waals surface area contributed by atoms with Crippen LogP contribution in [0.25, 0.3) is 11.3 Å². The average Bonchev–Trinajstić information content (AvgIpc) is 2.76. The monoisotopic (exact) mass is 318 g/mol. The van der Waals surface area contributed by atoms with Crippen LogP contribution in [-0.2, 0) is 6.18 Å². The molecule has 0 saturated carbocycles. The summed E-state index contributed by atoms with van der Waals surface area (Å²) in [5, 5.41) is 0. The molecule has 0 spiro atoms. The van der Waals surface area contributed by atoms with Gasteiger partial charge in [-0.1, -0.05) is 15.9 Å². The standard InChI is InChI=1S/C12H6BrF3O2/c13-10-3-1-7(12(14,15)16)5-9(10)11-4-2-8(6-17)18-11/h1-6H. The third-order valence-corrected chi connectivity index (χ3v) is 2.99. The van der Waals surface area contributed by atoms with Gasteiger partial charge in [0.25, 0.3) is 0 Å². The number of alkyl halides is 3. The van der Waals surface area contributed by atoms with E-state index in [9.17, 15) is 18.0 Å². The molecule has 0 unspecified atom stereocenters. The lowest BCUT2D eigenvalue weighted by atomic mass is 10.1. The Labute approximate surface area is 109 Å². The highest BCUT2D eigenvalue weighted by Gasteiger charge is 2.31. The van der Waals surface area contributed by atoms with Crippen molar-refractivity contribution in [3.05, 3.63) is 46.1 Å². The minimum atomic E-state index is -4.42. The van der Waals surface area contributed by atoms with Crippen molar-refractivity contribution in [1.82, 2.24) is 0 Å². The van der Waals surface area contributed by atoms with E-state index in [4.69, 9.17) is 4.42 Å². The van der Waals surface area contributed by atoms with E-state index >= 15 is 0 Å². The van der Waals surface area contributed by atoms with E-state index in [1.807, 2.05) is 0 Å². The second-order valence-electron chi connectivity index (χ2n) is 3.51. The minimum absolute atomic E-state index is 0.0642. The summed E-state index contributed by atoms with van der Waals surface area (Å²) < 4.78 is 43.3. The average molecular weight is 319 g/mol. The van der Waals surface area contributed by atoms with Gasteiger partial charge < -0.3 is 4.42 Å². The Hall–Kier alpha value is -1.56. The number of hydrogen-bond donors (Lipinski definition) is 0. The fourth-order valence-corrected chi connectivity index (χ4v) is 1.89. The van der Waals surface area contributed by atoms with Gasteiger partial charge in [-0.15, -0.1) is 0 Å². The molecular weight excluding hydrogens is 313 g/mol. The van der Waals surface area contributed by atoms with Crippen LogP contribution in [0.3, 0.4) is 0 Å². The summed E-state index contributed by atoms with van der Waals surface area (Å²) >= 11 is 3.15. The van der Waals surface area contributed by atoms with Crippen molar-refractivity contribution in [2.75, 3.05) is 0 Å². The smallest absolute Gasteiger partial charge is 0.416 e. The van der Waals surface area contributed by atoms with Crippen LogP contribution in [0.15, 0.2) is 39.2 Å². The number of benzene rings is 1. The molecule has 18 heavy (non-hydrogen) atoms. The Morgan fingerprint density at radius 1 is 1.17 bits per heavy atom. The van der Waals surface area contributed by atoms with E-state index in [-0.39, 0.29) is 17.1 Å². The van der Waals surface area contributed by atoms with Crippen molar-refractivity contribution >= 4 is 22.2 Å². The molecule has 94 valence electrons. The van der Waals surface area contributed by atoms with Gasteiger partial charge in [0.2, 0.25) is 0 Å². The van der Waals surface area contributed by atoms with Gasteiger partial charge in [-0.25, -0.2) is 0 Å². The first kappa shape index (κ1) is 12.9. The fraction of sp³-hybridized carbons (Fsp3) is 0.0833. The molecule has 0 atom stereocenters. The van der Waals surface area contributed by atoms with Gasteiger partial charge in [0.15, 0.2) is 12.0 Å². The highest BCUT2D eigenvalue weighted by atomic mass is 79.9. The van der Waals surface area contributed by atoms with E-state index < -0.39 is 11.7 Å². The van der Waals surface area contributed by atoms with Crippen LogP contribution in [0, 0.1) is 0 Å². The van der Waals surface area contributed by atoms with Crippen LogP contribution in [0.2, 0.25) is 0 Å². The molecule has 0 radical (unpaired) electrons. The normalized spacial score (nSPS) is 11.6. The van der Waals surface area contributed by atoms with Crippen molar-refractivity contribution in [3.63, 3.8) is 0 Å². The third-order valence-electron chi connectivity index (χ3n) is 2.30. The summed E-state index contributed by atoms with van der Waals surface area (Å²) in [7, 11) is 0. The lowest BCUT2D eigenvalue weighted by Crippen LogP contribution is -2.04. The highest BCUT2D eigenvalue weighted by Crippen LogP contribution is 2.36. The Kier molecular flexibility index (Phi) is 3.30. The number of aldehydes is 1. The maximum absolute atomic E-state index is 12.6. The Bertz CT molecular complexity index is 587. The number of carbonyl (C=O) groups is 1. The van der Waals surface area contributed by atoms with Crippen LogP contribution in [0.1, 0.15) is 16.1 Å². The van der Waals surface area contributed by atoms with Crippen LogP contribution in [0.4, 0.5) is 13.2 Å². The maximum atomic E-state index is 12.6. The van der Waals surface area contributed by atoms with E-state index in [0.717, 1.165) is 12.1 Å². The van der Waals surface area contributed by atoms with Crippen molar-refractivity contribution in [1.29, 1.82) is 0 Å². The molecule has 1 aromatic carbocycles. The van der Waals surface area contributed by atoms with Gasteiger partial charge in [-0.05, 0) is 30.3 Å². The quantitative estimate of drug-likeness (QED) is 0.761. The lowest BCUT2D eigenvalue weighted by Gasteiger charge is -2.09. The predicted molar refractivity (Wildman–Crippen MR) is 62.2 cm³/mol. The van der Waals surface area contributed by atoms with Gasteiger partial charge in [-0.3, -0.25) is 4.79 Å². The van der Waals surface area contributed by atoms with Crippen molar-refractivity contribution in [2.24, 2.45) is 0 Å². The van der Waals surface area contributed by atoms with Gasteiger partial charge >= 0.3 is 6.18 Å². The minimum Gasteiger partial charge on any atom is -0.453 e. The topological polar surface area (TPSA) is 30.2 Å². The molecule has 6 heteroatoms. The zero-order chi connectivity index (χ0) is 13.3. The molecule has 0 amide bonds. The molecule has 0 aliphatic heterocycles. The zero-order valence-corrected chi connectivity index (χ0v) is 10.4. The van der Waals surface area contributed by atoms with E-state index in [1.165, 1.54) is 18.2 Å². The molecule has 1 heterocycles. The van der Waals surface area contributed by atoms with Gasteiger partial charge in [0.1, 0.15) is 5.76 Å². The molecule has 0 aliphatic rings. The predicted octanol–water partition coefficient (Wildman–Crippen LogP) is 4.54. The molecule has 0 saturated heterocycles. The molecule has 2 aromatic rings. The zero-order valence-electron chi connectivity index (χ0n) is 8.79. The second-order valence-corrected chi connectivity index (χ2v) is 4.37. The van der Waals surface area contributed by atoms with E-state index in [2.05, 4.69) is 15.9 Å². The number of carbonyl (C=O) groups excluding carboxylic acids is 1. The van der Waals surface area contributed by atoms with Gasteiger partial charge in [0.05, 0.1) is 5.56 Å². The van der Waals surface area contributed by atoms with E-state index in [0.29, 0.717) is 10.8 Å². The van der Waals surface area contributed by atoms with E-state index in [1.54, 1.807) is 0 Å². The summed E-state index contributed by atoms with van der Waals surface area (Å²) in [5.41, 5.74) is -0.525. The summed E-state index contributed by atoms with van der Waals surface area (Å²) in [6, 6.07) is 6.08. The number of halogens is 4. The van der Waals surface area contributed by atoms with Crippen molar-refractivity contribution in [2.45, 2.75) is 6.18 Å². The van der Waals surface area contributed by atoms with Crippen molar-refractivity contribution in [3.8, 4) is 11.3 Å². The van der Waals surface area contributed by atoms with Crippen LogP contribution < -0.4 is 0 Å². The Morgan fingerprint density at radius 2 is 1.89 bits per heavy atom. The molecule has 0 N–H and O–H groups in total. The molecule has 2 nitrogen and oxygen atoms in total. The lowest BCUT2D eigenvalue weighted by molar-refractivity contribution is -0.137. The number of furan rings is 1. The van der Waals surface area contributed by atoms with Gasteiger partial charge in [0, 0.05) is 10.0 Å². The van der Waals surface area contributed by atoms with Gasteiger partial charge in [-0.2, -0.15) is 13.2 Å². The first-order valence-corrected chi connectivity index (χ1v) is 5.63. The summed E-state index contributed by atoms with van der Waals surface area (Å²) in [6.07, 6.45) is -3.93. The summed E-state index contributed by atoms with van der Waals surface area (Å²) in [4.78, 5) is 10.5. The Balaban J connectivity index is 2.52. The Morgan fingerprint density at radius 3 is 2.44 bits per heavy atom. The summed E-state index contributed by atoms with van der Waals surface area (Å²) in [6.45, 7) is 0. The van der Waals surface area contributed by atoms with Crippen LogP contribution in [-0.4, -0.2) is 6.29 Å². The highest BCUT2D eigenvalue weighted by molar-refractivity contribution is 9.10. The largest absolute Gasteiger partial charge is 0.453 e. The van der Waals surface area contributed by atoms with Crippen molar-refractivity contribution < 1.29 is 22.4 Å². The molecule has 0 fully saturated rings. The van der Waals surface area contributed by atoms with Crippen LogP contribution >= 0.6 is 15.9 Å². The SMILES string of the molecule is O=Cc1ccc(-c2cc(C(F)(F)F)ccc2Br)o1.